The number of benzene rings is 1. The minimum atomic E-state index is 0.553. The highest BCUT2D eigenvalue weighted by Gasteiger charge is 1.91. The molecule has 0 aliphatic rings. The Kier molecular flexibility index (Phi) is 2.96. The van der Waals surface area contributed by atoms with Crippen molar-refractivity contribution >= 4 is 11.8 Å². The molecule has 0 spiro atoms. The molecule has 0 fully saturated rings. The summed E-state index contributed by atoms with van der Waals surface area (Å²) in [6.07, 6.45) is 0. The maximum Gasteiger partial charge on any atom is 0.138 e. The number of hydrogen-bond acceptors (Lipinski definition) is 3. The molecule has 0 bridgehead atoms. The van der Waals surface area contributed by atoms with Crippen molar-refractivity contribution in [1.29, 1.82) is 5.26 Å². The van der Waals surface area contributed by atoms with E-state index in [1.165, 1.54) is 0 Å². The van der Waals surface area contributed by atoms with Crippen molar-refractivity contribution < 1.29 is 0 Å². The zero-order valence-corrected chi connectivity index (χ0v) is 6.77. The highest BCUT2D eigenvalue weighted by atomic mass is 32.2. The number of nitrogens with two attached hydrogens (primary N) is 1. The quantitative estimate of drug-likeness (QED) is 0.535. The zero-order valence-electron chi connectivity index (χ0n) is 5.95. The minimum Gasteiger partial charge on any atom is -0.326 e. The summed E-state index contributed by atoms with van der Waals surface area (Å²) in [5.41, 5.74) is 6.49. The van der Waals surface area contributed by atoms with Crippen LogP contribution in [0.1, 0.15) is 5.56 Å². The standard InChI is InChI=1S/C8H8N2S/c9-5-7-1-3-8(4-2-7)11-6-10/h1-4H,5,9H2. The lowest BCUT2D eigenvalue weighted by molar-refractivity contribution is 1.07. The smallest absolute Gasteiger partial charge is 0.138 e. The van der Waals surface area contributed by atoms with Gasteiger partial charge in [0.05, 0.1) is 0 Å². The highest BCUT2D eigenvalue weighted by molar-refractivity contribution is 8.03. The van der Waals surface area contributed by atoms with Crippen LogP contribution in [0.3, 0.4) is 0 Å². The fraction of sp³-hybridized carbons (Fsp3) is 0.125. The van der Waals surface area contributed by atoms with Gasteiger partial charge in [-0.3, -0.25) is 0 Å². The fourth-order valence-electron chi connectivity index (χ4n) is 0.746. The van der Waals surface area contributed by atoms with Gasteiger partial charge >= 0.3 is 0 Å². The topological polar surface area (TPSA) is 49.8 Å². The Balaban J connectivity index is 2.76. The first kappa shape index (κ1) is 8.12. The van der Waals surface area contributed by atoms with E-state index in [1.807, 2.05) is 29.7 Å². The molecule has 3 heteroatoms. The van der Waals surface area contributed by atoms with E-state index >= 15 is 0 Å². The van der Waals surface area contributed by atoms with Gasteiger partial charge in [0.15, 0.2) is 0 Å². The first-order valence-corrected chi connectivity index (χ1v) is 4.03. The van der Waals surface area contributed by atoms with Gasteiger partial charge in [0.2, 0.25) is 0 Å². The van der Waals surface area contributed by atoms with Gasteiger partial charge in [-0.2, -0.15) is 5.26 Å². The molecular weight excluding hydrogens is 156 g/mol. The first-order valence-electron chi connectivity index (χ1n) is 3.22. The summed E-state index contributed by atoms with van der Waals surface area (Å²) in [6.45, 7) is 0.553. The third-order valence-corrected chi connectivity index (χ3v) is 1.92. The van der Waals surface area contributed by atoms with Gasteiger partial charge in [0.1, 0.15) is 5.40 Å². The summed E-state index contributed by atoms with van der Waals surface area (Å²) >= 11 is 1.16. The van der Waals surface area contributed by atoms with E-state index < -0.39 is 0 Å². The number of thiocyanates is 1. The monoisotopic (exact) mass is 164 g/mol. The maximum atomic E-state index is 8.33. The van der Waals surface area contributed by atoms with E-state index in [-0.39, 0.29) is 0 Å². The Morgan fingerprint density at radius 2 is 2.00 bits per heavy atom. The average Bonchev–Trinajstić information content (AvgIpc) is 2.07. The molecule has 11 heavy (non-hydrogen) atoms. The molecule has 0 amide bonds. The van der Waals surface area contributed by atoms with Crippen molar-refractivity contribution in [3.8, 4) is 5.40 Å². The summed E-state index contributed by atoms with van der Waals surface area (Å²) in [5.74, 6) is 0. The molecule has 2 N–H and O–H groups in total. The predicted octanol–water partition coefficient (Wildman–Crippen LogP) is 1.72. The zero-order chi connectivity index (χ0) is 8.10. The third kappa shape index (κ3) is 2.26. The molecule has 0 atom stereocenters. The van der Waals surface area contributed by atoms with Crippen molar-refractivity contribution in [2.75, 3.05) is 0 Å². The van der Waals surface area contributed by atoms with Gasteiger partial charge in [0, 0.05) is 11.4 Å². The largest absolute Gasteiger partial charge is 0.326 e. The van der Waals surface area contributed by atoms with Crippen LogP contribution >= 0.6 is 11.8 Å². The predicted molar refractivity (Wildman–Crippen MR) is 45.8 cm³/mol. The number of hydrogen-bond donors (Lipinski definition) is 1. The summed E-state index contributed by atoms with van der Waals surface area (Å²) in [4.78, 5) is 0.963. The van der Waals surface area contributed by atoms with Gasteiger partial charge in [-0.15, -0.1) is 0 Å². The fourth-order valence-corrected chi connectivity index (χ4v) is 1.12. The van der Waals surface area contributed by atoms with Gasteiger partial charge in [-0.1, -0.05) is 12.1 Å². The lowest BCUT2D eigenvalue weighted by atomic mass is 10.2. The van der Waals surface area contributed by atoms with Gasteiger partial charge in [0.25, 0.3) is 0 Å². The van der Waals surface area contributed by atoms with E-state index in [0.29, 0.717) is 6.54 Å². The Labute approximate surface area is 70.0 Å². The molecule has 1 aromatic carbocycles. The number of thioether (sulfide) groups is 1. The number of rotatable bonds is 2. The molecule has 0 aliphatic heterocycles. The molecule has 0 saturated carbocycles. The van der Waals surface area contributed by atoms with Crippen LogP contribution in [0.25, 0.3) is 0 Å². The van der Waals surface area contributed by atoms with Crippen LogP contribution in [0.5, 0.6) is 0 Å². The molecule has 56 valence electrons. The molecular formula is C8H8N2S. The van der Waals surface area contributed by atoms with Crippen LogP contribution in [-0.4, -0.2) is 0 Å². The molecule has 0 saturated heterocycles. The molecule has 1 rings (SSSR count). The lowest BCUT2D eigenvalue weighted by Crippen LogP contribution is -1.94. The van der Waals surface area contributed by atoms with Gasteiger partial charge < -0.3 is 5.73 Å². The maximum absolute atomic E-state index is 8.33. The Hall–Kier alpha value is -0.980. The Bertz CT molecular complexity index is 260. The Morgan fingerprint density at radius 3 is 2.45 bits per heavy atom. The van der Waals surface area contributed by atoms with Crippen LogP contribution in [0.15, 0.2) is 29.2 Å². The normalized spacial score (nSPS) is 9.09. The molecule has 0 radical (unpaired) electrons. The van der Waals surface area contributed by atoms with Crippen molar-refractivity contribution in [1.82, 2.24) is 0 Å². The minimum absolute atomic E-state index is 0.553. The van der Waals surface area contributed by atoms with Crippen molar-refractivity contribution in [2.24, 2.45) is 5.73 Å². The van der Waals surface area contributed by atoms with E-state index in [0.717, 1.165) is 22.2 Å². The van der Waals surface area contributed by atoms with Crippen LogP contribution < -0.4 is 5.73 Å². The molecule has 1 aromatic rings. The van der Waals surface area contributed by atoms with E-state index in [1.54, 1.807) is 0 Å². The summed E-state index contributed by atoms with van der Waals surface area (Å²) in [6, 6.07) is 7.66. The van der Waals surface area contributed by atoms with Crippen LogP contribution in [-0.2, 0) is 6.54 Å². The average molecular weight is 164 g/mol. The SMILES string of the molecule is N#CSc1ccc(CN)cc1. The molecule has 0 unspecified atom stereocenters. The first-order chi connectivity index (χ1) is 5.36. The summed E-state index contributed by atoms with van der Waals surface area (Å²) in [7, 11) is 0. The van der Waals surface area contributed by atoms with Gasteiger partial charge in [-0.05, 0) is 29.5 Å². The van der Waals surface area contributed by atoms with Crippen molar-refractivity contribution in [3.05, 3.63) is 29.8 Å². The van der Waals surface area contributed by atoms with Crippen molar-refractivity contribution in [3.63, 3.8) is 0 Å². The van der Waals surface area contributed by atoms with E-state index in [9.17, 15) is 0 Å². The highest BCUT2D eigenvalue weighted by Crippen LogP contribution is 2.16. The van der Waals surface area contributed by atoms with Crippen LogP contribution in [0.2, 0.25) is 0 Å². The van der Waals surface area contributed by atoms with Crippen LogP contribution in [0, 0.1) is 10.7 Å². The van der Waals surface area contributed by atoms with E-state index in [4.69, 9.17) is 11.0 Å². The molecule has 2 nitrogen and oxygen atoms in total. The Morgan fingerprint density at radius 1 is 1.36 bits per heavy atom. The molecule has 0 heterocycles. The van der Waals surface area contributed by atoms with Crippen LogP contribution in [0.4, 0.5) is 0 Å². The summed E-state index contributed by atoms with van der Waals surface area (Å²) < 4.78 is 0. The number of nitriles is 1. The molecule has 0 aliphatic carbocycles. The lowest BCUT2D eigenvalue weighted by Gasteiger charge is -1.95. The van der Waals surface area contributed by atoms with E-state index in [2.05, 4.69) is 0 Å². The second-order valence-corrected chi connectivity index (χ2v) is 2.90. The second-order valence-electron chi connectivity index (χ2n) is 2.04. The third-order valence-electron chi connectivity index (χ3n) is 1.32. The number of nitrogens with zero attached hydrogens (tertiary/aromatic N) is 1. The second kappa shape index (κ2) is 4.02. The summed E-state index contributed by atoms with van der Waals surface area (Å²) in [5, 5.41) is 10.3. The van der Waals surface area contributed by atoms with Crippen molar-refractivity contribution in [2.45, 2.75) is 11.4 Å². The van der Waals surface area contributed by atoms with Gasteiger partial charge in [-0.25, -0.2) is 0 Å². The molecule has 0 aromatic heterocycles.